The van der Waals surface area contributed by atoms with Crippen molar-refractivity contribution in [2.24, 2.45) is 0 Å². The van der Waals surface area contributed by atoms with Gasteiger partial charge in [0.05, 0.1) is 0 Å². The summed E-state index contributed by atoms with van der Waals surface area (Å²) in [6.45, 7) is 6.25. The van der Waals surface area contributed by atoms with Crippen molar-refractivity contribution in [3.63, 3.8) is 0 Å². The Kier molecular flexibility index (Phi) is 1.94. The van der Waals surface area contributed by atoms with E-state index in [1.807, 2.05) is 6.08 Å². The molecule has 1 rings (SSSR count). The summed E-state index contributed by atoms with van der Waals surface area (Å²) >= 11 is 0. The molecule has 10 heavy (non-hydrogen) atoms. The highest BCUT2D eigenvalue weighted by Gasteiger charge is 1.89. The smallest absolute Gasteiger partial charge is 0.00887 e. The third-order valence-corrected chi connectivity index (χ3v) is 1.43. The molecular formula is C10H12. The van der Waals surface area contributed by atoms with Crippen LogP contribution in [-0.4, -0.2) is 0 Å². The van der Waals surface area contributed by atoms with Crippen LogP contribution in [-0.2, 0) is 0 Å². The second-order valence-electron chi connectivity index (χ2n) is 2.75. The highest BCUT2D eigenvalue weighted by atomic mass is 13.9. The Hall–Kier alpha value is -1.00. The Morgan fingerprint density at radius 3 is 2.40 bits per heavy atom. The van der Waals surface area contributed by atoms with Crippen molar-refractivity contribution in [3.05, 3.63) is 40.7 Å². The molecule has 0 heteroatoms. The van der Waals surface area contributed by atoms with Crippen LogP contribution in [0.25, 0.3) is 0 Å². The molecule has 0 atom stereocenters. The van der Waals surface area contributed by atoms with Gasteiger partial charge in [0.1, 0.15) is 0 Å². The first kappa shape index (κ1) is 7.11. The predicted octanol–water partition coefficient (Wildman–Crippen LogP) is 2.99. The average Bonchev–Trinajstić information content (AvgIpc) is 1.93. The summed E-state index contributed by atoms with van der Waals surface area (Å²) in [6, 6.07) is 0. The molecule has 0 spiro atoms. The van der Waals surface area contributed by atoms with Crippen molar-refractivity contribution in [1.82, 2.24) is 0 Å². The maximum atomic E-state index is 3.17. The lowest BCUT2D eigenvalue weighted by atomic mass is 10.2. The molecule has 0 aliphatic heterocycles. The number of allylic oxidation sites excluding steroid dienone is 5. The molecule has 0 saturated heterocycles. The van der Waals surface area contributed by atoms with Crippen molar-refractivity contribution in [2.75, 3.05) is 0 Å². The lowest BCUT2D eigenvalue weighted by molar-refractivity contribution is 1.43. The highest BCUT2D eigenvalue weighted by molar-refractivity contribution is 5.36. The van der Waals surface area contributed by atoms with E-state index < -0.39 is 0 Å². The molecule has 52 valence electrons. The van der Waals surface area contributed by atoms with Crippen LogP contribution in [0.1, 0.15) is 20.8 Å². The van der Waals surface area contributed by atoms with Crippen LogP contribution in [0.4, 0.5) is 0 Å². The summed E-state index contributed by atoms with van der Waals surface area (Å²) in [5.74, 6) is 0. The van der Waals surface area contributed by atoms with Gasteiger partial charge in [0, 0.05) is 0 Å². The zero-order valence-electron chi connectivity index (χ0n) is 6.73. The van der Waals surface area contributed by atoms with Gasteiger partial charge in [0.25, 0.3) is 0 Å². The Labute approximate surface area is 62.3 Å². The Bertz CT molecular complexity index is 256. The van der Waals surface area contributed by atoms with Gasteiger partial charge in [0.2, 0.25) is 0 Å². The van der Waals surface area contributed by atoms with Gasteiger partial charge in [-0.1, -0.05) is 6.08 Å². The first-order valence-electron chi connectivity index (χ1n) is 3.48. The van der Waals surface area contributed by atoms with Crippen LogP contribution in [0.3, 0.4) is 0 Å². The van der Waals surface area contributed by atoms with Crippen molar-refractivity contribution in [3.8, 4) is 0 Å². The summed E-state index contributed by atoms with van der Waals surface area (Å²) in [4.78, 5) is 0. The summed E-state index contributed by atoms with van der Waals surface area (Å²) in [7, 11) is 0. The normalized spacial score (nSPS) is 17.3. The fraction of sp³-hybridized carbons (Fsp3) is 0.300. The van der Waals surface area contributed by atoms with Gasteiger partial charge in [-0.05, 0) is 49.6 Å². The number of rotatable bonds is 0. The minimum atomic E-state index is 1.20. The minimum absolute atomic E-state index is 1.20. The molecule has 0 N–H and O–H groups in total. The molecule has 1 aliphatic carbocycles. The molecule has 0 heterocycles. The van der Waals surface area contributed by atoms with Gasteiger partial charge < -0.3 is 0 Å². The molecule has 0 saturated carbocycles. The first-order chi connectivity index (χ1) is 4.68. The maximum absolute atomic E-state index is 3.17. The maximum Gasteiger partial charge on any atom is -0.00887 e. The Balaban J connectivity index is 3.10. The van der Waals surface area contributed by atoms with Crippen LogP contribution in [0.15, 0.2) is 40.7 Å². The van der Waals surface area contributed by atoms with E-state index in [9.17, 15) is 0 Å². The second kappa shape index (κ2) is 2.72. The monoisotopic (exact) mass is 132 g/mol. The van der Waals surface area contributed by atoms with E-state index in [-0.39, 0.29) is 0 Å². The number of hydrogen-bond donors (Lipinski definition) is 0. The molecule has 0 radical (unpaired) electrons. The fourth-order valence-corrected chi connectivity index (χ4v) is 1.05. The molecule has 0 aromatic heterocycles. The summed E-state index contributed by atoms with van der Waals surface area (Å²) in [5, 5.41) is 0. The van der Waals surface area contributed by atoms with E-state index >= 15 is 0 Å². The van der Waals surface area contributed by atoms with E-state index in [2.05, 4.69) is 38.7 Å². The van der Waals surface area contributed by atoms with E-state index in [1.54, 1.807) is 0 Å². The Morgan fingerprint density at radius 2 is 1.70 bits per heavy atom. The van der Waals surface area contributed by atoms with Gasteiger partial charge in [0.15, 0.2) is 0 Å². The SMILES string of the molecule is CC1=C=CC(C)=CC(C)=C1. The topological polar surface area (TPSA) is 0 Å². The third-order valence-electron chi connectivity index (χ3n) is 1.43. The van der Waals surface area contributed by atoms with Crippen molar-refractivity contribution >= 4 is 0 Å². The lowest BCUT2D eigenvalue weighted by Crippen LogP contribution is -1.69. The van der Waals surface area contributed by atoms with E-state index in [4.69, 9.17) is 0 Å². The van der Waals surface area contributed by atoms with Gasteiger partial charge in [-0.3, -0.25) is 0 Å². The summed E-state index contributed by atoms with van der Waals surface area (Å²) in [5.41, 5.74) is 6.94. The molecular weight excluding hydrogens is 120 g/mol. The number of hydrogen-bond acceptors (Lipinski definition) is 0. The predicted molar refractivity (Wildman–Crippen MR) is 44.8 cm³/mol. The van der Waals surface area contributed by atoms with E-state index in [0.717, 1.165) is 0 Å². The van der Waals surface area contributed by atoms with Crippen molar-refractivity contribution in [1.29, 1.82) is 0 Å². The minimum Gasteiger partial charge on any atom is -0.117 e. The molecule has 0 fully saturated rings. The van der Waals surface area contributed by atoms with Gasteiger partial charge in [-0.15, -0.1) is 5.73 Å². The molecule has 0 unspecified atom stereocenters. The quantitative estimate of drug-likeness (QED) is 0.444. The highest BCUT2D eigenvalue weighted by Crippen LogP contribution is 2.09. The van der Waals surface area contributed by atoms with Crippen molar-refractivity contribution < 1.29 is 0 Å². The van der Waals surface area contributed by atoms with Crippen LogP contribution >= 0.6 is 0 Å². The van der Waals surface area contributed by atoms with Crippen LogP contribution < -0.4 is 0 Å². The molecule has 0 nitrogen and oxygen atoms in total. The van der Waals surface area contributed by atoms with Gasteiger partial charge >= 0.3 is 0 Å². The largest absolute Gasteiger partial charge is 0.117 e. The Morgan fingerprint density at radius 1 is 1.00 bits per heavy atom. The molecule has 0 aromatic rings. The lowest BCUT2D eigenvalue weighted by Gasteiger charge is -1.89. The molecule has 0 bridgehead atoms. The van der Waals surface area contributed by atoms with Crippen molar-refractivity contribution in [2.45, 2.75) is 20.8 Å². The molecule has 0 aromatic carbocycles. The van der Waals surface area contributed by atoms with E-state index in [0.29, 0.717) is 0 Å². The zero-order valence-corrected chi connectivity index (χ0v) is 6.73. The first-order valence-corrected chi connectivity index (χ1v) is 3.48. The van der Waals surface area contributed by atoms with Gasteiger partial charge in [-0.25, -0.2) is 0 Å². The average molecular weight is 132 g/mol. The zero-order chi connectivity index (χ0) is 7.56. The van der Waals surface area contributed by atoms with Crippen LogP contribution in [0.5, 0.6) is 0 Å². The summed E-state index contributed by atoms with van der Waals surface area (Å²) < 4.78 is 0. The fourth-order valence-electron chi connectivity index (χ4n) is 1.05. The molecule has 1 aliphatic rings. The van der Waals surface area contributed by atoms with Crippen LogP contribution in [0.2, 0.25) is 0 Å². The summed E-state index contributed by atoms with van der Waals surface area (Å²) in [6.07, 6.45) is 6.30. The second-order valence-corrected chi connectivity index (χ2v) is 2.75. The van der Waals surface area contributed by atoms with Gasteiger partial charge in [-0.2, -0.15) is 0 Å². The standard InChI is InChI=1S/C10H12/c1-8-4-5-9(2)7-10(3)6-8/h4,6-7H,1-3H3. The third kappa shape index (κ3) is 1.75. The van der Waals surface area contributed by atoms with E-state index in [1.165, 1.54) is 16.7 Å². The van der Waals surface area contributed by atoms with Crippen LogP contribution in [0, 0.1) is 0 Å². The molecule has 0 amide bonds.